The number of rotatable bonds is 8. The summed E-state index contributed by atoms with van der Waals surface area (Å²) in [6, 6.07) is 13.4. The minimum absolute atomic E-state index is 0.0524. The van der Waals surface area contributed by atoms with Crippen LogP contribution in [0.25, 0.3) is 0 Å². The quantitative estimate of drug-likeness (QED) is 0.376. The van der Waals surface area contributed by atoms with Crippen molar-refractivity contribution in [2.45, 2.75) is 69.5 Å². The molecule has 8 nitrogen and oxygen atoms in total. The van der Waals surface area contributed by atoms with Crippen molar-refractivity contribution in [3.05, 3.63) is 65.2 Å². The molecule has 198 valence electrons. The van der Waals surface area contributed by atoms with Crippen molar-refractivity contribution in [3.8, 4) is 5.75 Å². The number of phenolic OH excluding ortho intramolecular Hbond substituents is 1. The van der Waals surface area contributed by atoms with E-state index in [2.05, 4.69) is 21.3 Å². The fraction of sp³-hybridized carbons (Fsp3) is 0.483. The molecule has 2 aliphatic rings. The van der Waals surface area contributed by atoms with E-state index in [1.165, 1.54) is 12.1 Å². The first-order valence-corrected chi connectivity index (χ1v) is 13.4. The monoisotopic (exact) mass is 506 g/mol. The first-order valence-electron chi connectivity index (χ1n) is 13.4. The highest BCUT2D eigenvalue weighted by atomic mass is 16.3. The van der Waals surface area contributed by atoms with Crippen molar-refractivity contribution < 1.29 is 19.5 Å². The van der Waals surface area contributed by atoms with Gasteiger partial charge >= 0.3 is 0 Å². The zero-order valence-corrected chi connectivity index (χ0v) is 21.5. The van der Waals surface area contributed by atoms with Gasteiger partial charge < -0.3 is 26.4 Å². The Kier molecular flexibility index (Phi) is 9.17. The summed E-state index contributed by atoms with van der Waals surface area (Å²) in [6.07, 6.45) is 8.06. The Hall–Kier alpha value is -3.39. The molecular formula is C29H38N4O4. The van der Waals surface area contributed by atoms with Gasteiger partial charge in [-0.25, -0.2) is 0 Å². The maximum absolute atomic E-state index is 13.0. The molecule has 5 N–H and O–H groups in total. The molecular weight excluding hydrogens is 468 g/mol. The lowest BCUT2D eigenvalue weighted by molar-refractivity contribution is 0.0892. The molecule has 37 heavy (non-hydrogen) atoms. The van der Waals surface area contributed by atoms with E-state index in [0.29, 0.717) is 23.2 Å². The van der Waals surface area contributed by atoms with Gasteiger partial charge in [-0.1, -0.05) is 37.8 Å². The van der Waals surface area contributed by atoms with Gasteiger partial charge in [0.15, 0.2) is 0 Å². The van der Waals surface area contributed by atoms with Crippen LogP contribution in [0, 0.1) is 5.92 Å². The van der Waals surface area contributed by atoms with Crippen molar-refractivity contribution in [1.29, 1.82) is 0 Å². The van der Waals surface area contributed by atoms with Gasteiger partial charge in [0.1, 0.15) is 5.75 Å². The zero-order chi connectivity index (χ0) is 26.2. The molecule has 0 bridgehead atoms. The van der Waals surface area contributed by atoms with Gasteiger partial charge in [0, 0.05) is 41.4 Å². The number of amides is 3. The molecule has 0 heterocycles. The summed E-state index contributed by atoms with van der Waals surface area (Å²) in [5.74, 6) is -0.462. The standard InChI is InChI=1S/C29H38N4O4/c1-30-25-14-4-5-15-26(25)33-28(36)20-10-6-9-19(16-20)27(35)31-18-22-8-2-3-13-24(22)32-29(37)21-11-7-12-23(34)17-21/h6-7,9-12,16-17,22,24-26,30,34H,2-5,8,13-15,18H2,1H3,(H,31,35)(H,32,37)(H,33,36). The predicted molar refractivity (Wildman–Crippen MR) is 143 cm³/mol. The lowest BCUT2D eigenvalue weighted by atomic mass is 9.84. The third kappa shape index (κ3) is 7.10. The maximum Gasteiger partial charge on any atom is 0.251 e. The molecule has 0 aromatic heterocycles. The molecule has 0 saturated heterocycles. The van der Waals surface area contributed by atoms with Gasteiger partial charge in [-0.15, -0.1) is 0 Å². The average Bonchev–Trinajstić information content (AvgIpc) is 2.92. The number of nitrogens with one attached hydrogen (secondary N) is 4. The molecule has 2 saturated carbocycles. The van der Waals surface area contributed by atoms with E-state index >= 15 is 0 Å². The molecule has 0 spiro atoms. The maximum atomic E-state index is 13.0. The van der Waals surface area contributed by atoms with Crippen LogP contribution in [0.3, 0.4) is 0 Å². The SMILES string of the molecule is CNC1CCCCC1NC(=O)c1cccc(C(=O)NCC2CCCCC2NC(=O)c2cccc(O)c2)c1. The first-order chi connectivity index (χ1) is 17.9. The summed E-state index contributed by atoms with van der Waals surface area (Å²) >= 11 is 0. The van der Waals surface area contributed by atoms with E-state index < -0.39 is 0 Å². The molecule has 8 heteroatoms. The smallest absolute Gasteiger partial charge is 0.251 e. The van der Waals surface area contributed by atoms with E-state index in [0.717, 1.165) is 51.4 Å². The van der Waals surface area contributed by atoms with E-state index in [4.69, 9.17) is 0 Å². The Labute approximate surface area is 218 Å². The molecule has 4 atom stereocenters. The second-order valence-electron chi connectivity index (χ2n) is 10.2. The first kappa shape index (κ1) is 26.7. The summed E-state index contributed by atoms with van der Waals surface area (Å²) < 4.78 is 0. The number of carbonyl (C=O) groups excluding carboxylic acids is 3. The molecule has 3 amide bonds. The highest BCUT2D eigenvalue weighted by molar-refractivity contribution is 5.99. The van der Waals surface area contributed by atoms with Gasteiger partial charge in [0.2, 0.25) is 0 Å². The molecule has 4 unspecified atom stereocenters. The summed E-state index contributed by atoms with van der Waals surface area (Å²) in [4.78, 5) is 38.6. The Balaban J connectivity index is 1.34. The van der Waals surface area contributed by atoms with Gasteiger partial charge in [-0.3, -0.25) is 14.4 Å². The van der Waals surface area contributed by atoms with Gasteiger partial charge in [-0.05, 0) is 75.0 Å². The number of aromatic hydroxyl groups is 1. The fourth-order valence-electron chi connectivity index (χ4n) is 5.57. The molecule has 0 aliphatic heterocycles. The molecule has 2 fully saturated rings. The topological polar surface area (TPSA) is 120 Å². The summed E-state index contributed by atoms with van der Waals surface area (Å²) in [6.45, 7) is 0.437. The summed E-state index contributed by atoms with van der Waals surface area (Å²) in [7, 11) is 1.93. The van der Waals surface area contributed by atoms with E-state index in [9.17, 15) is 19.5 Å². The lowest BCUT2D eigenvalue weighted by Crippen LogP contribution is -2.50. The van der Waals surface area contributed by atoms with Crippen LogP contribution >= 0.6 is 0 Å². The number of hydrogen-bond acceptors (Lipinski definition) is 5. The molecule has 4 rings (SSSR count). The third-order valence-corrected chi connectivity index (χ3v) is 7.70. The van der Waals surface area contributed by atoms with Gasteiger partial charge in [0.05, 0.1) is 0 Å². The zero-order valence-electron chi connectivity index (χ0n) is 21.5. The van der Waals surface area contributed by atoms with Crippen LogP contribution in [0.2, 0.25) is 0 Å². The predicted octanol–water partition coefficient (Wildman–Crippen LogP) is 3.37. The number of hydrogen-bond donors (Lipinski definition) is 5. The van der Waals surface area contributed by atoms with Crippen molar-refractivity contribution >= 4 is 17.7 Å². The minimum Gasteiger partial charge on any atom is -0.508 e. The van der Waals surface area contributed by atoms with Crippen molar-refractivity contribution in [2.75, 3.05) is 13.6 Å². The number of benzene rings is 2. The summed E-state index contributed by atoms with van der Waals surface area (Å²) in [5.41, 5.74) is 1.33. The van der Waals surface area contributed by atoms with Crippen LogP contribution < -0.4 is 21.3 Å². The van der Waals surface area contributed by atoms with Crippen molar-refractivity contribution in [3.63, 3.8) is 0 Å². The number of phenols is 1. The van der Waals surface area contributed by atoms with Crippen LogP contribution in [0.4, 0.5) is 0 Å². The molecule has 2 aromatic rings. The van der Waals surface area contributed by atoms with E-state index in [-0.39, 0.29) is 47.5 Å². The fourth-order valence-corrected chi connectivity index (χ4v) is 5.57. The summed E-state index contributed by atoms with van der Waals surface area (Å²) in [5, 5.41) is 22.2. The largest absolute Gasteiger partial charge is 0.508 e. The number of likely N-dealkylation sites (N-methyl/N-ethyl adjacent to an activating group) is 1. The second-order valence-corrected chi connectivity index (χ2v) is 10.2. The van der Waals surface area contributed by atoms with Gasteiger partial charge in [0.25, 0.3) is 17.7 Å². The van der Waals surface area contributed by atoms with Crippen LogP contribution in [-0.2, 0) is 0 Å². The molecule has 2 aliphatic carbocycles. The average molecular weight is 507 g/mol. The lowest BCUT2D eigenvalue weighted by Gasteiger charge is -2.32. The Morgan fingerprint density at radius 1 is 0.730 bits per heavy atom. The Morgan fingerprint density at radius 2 is 1.27 bits per heavy atom. The van der Waals surface area contributed by atoms with Crippen molar-refractivity contribution in [2.24, 2.45) is 5.92 Å². The second kappa shape index (κ2) is 12.7. The van der Waals surface area contributed by atoms with E-state index in [1.54, 1.807) is 36.4 Å². The minimum atomic E-state index is -0.232. The Bertz CT molecular complexity index is 1100. The van der Waals surface area contributed by atoms with Crippen LogP contribution in [0.15, 0.2) is 48.5 Å². The van der Waals surface area contributed by atoms with Crippen molar-refractivity contribution in [1.82, 2.24) is 21.3 Å². The van der Waals surface area contributed by atoms with Crippen LogP contribution in [-0.4, -0.2) is 54.5 Å². The van der Waals surface area contributed by atoms with Crippen LogP contribution in [0.1, 0.15) is 82.4 Å². The molecule has 0 radical (unpaired) electrons. The van der Waals surface area contributed by atoms with Crippen LogP contribution in [0.5, 0.6) is 5.75 Å². The number of carbonyl (C=O) groups is 3. The highest BCUT2D eigenvalue weighted by Gasteiger charge is 2.28. The van der Waals surface area contributed by atoms with E-state index in [1.807, 2.05) is 7.05 Å². The third-order valence-electron chi connectivity index (χ3n) is 7.70. The van der Waals surface area contributed by atoms with Gasteiger partial charge in [-0.2, -0.15) is 0 Å². The normalized spacial score (nSPS) is 23.6. The molecule has 2 aromatic carbocycles. The highest BCUT2D eigenvalue weighted by Crippen LogP contribution is 2.25. The Morgan fingerprint density at radius 3 is 1.95 bits per heavy atom.